The fraction of sp³-hybridized carbons (Fsp3) is 0.450. The van der Waals surface area contributed by atoms with Crippen molar-refractivity contribution < 1.29 is 4.79 Å². The van der Waals surface area contributed by atoms with E-state index in [2.05, 4.69) is 35.4 Å². The van der Waals surface area contributed by atoms with Crippen LogP contribution in [0.2, 0.25) is 0 Å². The lowest BCUT2D eigenvalue weighted by Crippen LogP contribution is -2.30. The molecule has 6 nitrogen and oxygen atoms in total. The maximum Gasteiger partial charge on any atom is 0.251 e. The molecule has 0 saturated heterocycles. The van der Waals surface area contributed by atoms with Gasteiger partial charge in [-0.3, -0.25) is 14.5 Å². The van der Waals surface area contributed by atoms with Crippen molar-refractivity contribution in [1.29, 1.82) is 0 Å². The number of carbonyl (C=O) groups is 1. The van der Waals surface area contributed by atoms with Crippen molar-refractivity contribution >= 4 is 17.3 Å². The average molecular weight is 353 g/mol. The molecule has 1 atom stereocenters. The van der Waals surface area contributed by atoms with Crippen LogP contribution < -0.4 is 10.3 Å². The smallest absolute Gasteiger partial charge is 0.251 e. The predicted octanol–water partition coefficient (Wildman–Crippen LogP) is 3.15. The van der Waals surface area contributed by atoms with Crippen molar-refractivity contribution in [2.75, 3.05) is 18.1 Å². The minimum absolute atomic E-state index is 0.0436. The van der Waals surface area contributed by atoms with E-state index in [0.29, 0.717) is 18.0 Å². The largest absolute Gasteiger partial charge is 0.352 e. The molecule has 0 radical (unpaired) electrons. The van der Waals surface area contributed by atoms with Crippen LogP contribution in [-0.2, 0) is 6.54 Å². The second kappa shape index (κ2) is 7.72. The summed E-state index contributed by atoms with van der Waals surface area (Å²) in [5.74, 6) is 0.260. The number of carbonyl (C=O) groups excluding carboxylic acids is 1. The van der Waals surface area contributed by atoms with Crippen LogP contribution in [0, 0.1) is 19.8 Å². The monoisotopic (exact) mass is 353 g/mol. The van der Waals surface area contributed by atoms with Gasteiger partial charge in [0.2, 0.25) is 0 Å². The molecule has 1 aromatic heterocycles. The zero-order chi connectivity index (χ0) is 18.7. The molecule has 0 aliphatic carbocycles. The van der Waals surface area contributed by atoms with Gasteiger partial charge in [-0.1, -0.05) is 6.92 Å². The summed E-state index contributed by atoms with van der Waals surface area (Å²) >= 11 is 0. The first-order valence-corrected chi connectivity index (χ1v) is 9.13. The molecule has 138 valence electrons. The zero-order valence-electron chi connectivity index (χ0n) is 16.0. The van der Waals surface area contributed by atoms with Crippen molar-refractivity contribution in [3.8, 4) is 0 Å². The number of benzene rings is 1. The van der Waals surface area contributed by atoms with Gasteiger partial charge in [-0.25, -0.2) is 0 Å². The fourth-order valence-electron chi connectivity index (χ4n) is 3.13. The summed E-state index contributed by atoms with van der Waals surface area (Å²) in [4.78, 5) is 12.4. The molecule has 0 fully saturated rings. The number of hydrazone groups is 1. The highest BCUT2D eigenvalue weighted by Crippen LogP contribution is 2.19. The highest BCUT2D eigenvalue weighted by Gasteiger charge is 2.14. The van der Waals surface area contributed by atoms with Crippen LogP contribution in [0.1, 0.15) is 42.0 Å². The Morgan fingerprint density at radius 3 is 2.54 bits per heavy atom. The predicted molar refractivity (Wildman–Crippen MR) is 105 cm³/mol. The van der Waals surface area contributed by atoms with E-state index in [1.165, 1.54) is 0 Å². The Morgan fingerprint density at radius 1 is 1.23 bits per heavy atom. The molecule has 1 aliphatic heterocycles. The Balaban J connectivity index is 1.52. The Morgan fingerprint density at radius 2 is 1.96 bits per heavy atom. The van der Waals surface area contributed by atoms with Gasteiger partial charge >= 0.3 is 0 Å². The summed E-state index contributed by atoms with van der Waals surface area (Å²) in [7, 11) is 0. The molecular weight excluding hydrogens is 326 g/mol. The minimum atomic E-state index is -0.0436. The molecule has 0 unspecified atom stereocenters. The fourth-order valence-corrected chi connectivity index (χ4v) is 3.13. The van der Waals surface area contributed by atoms with Gasteiger partial charge in [0.1, 0.15) is 0 Å². The van der Waals surface area contributed by atoms with Crippen LogP contribution in [0.5, 0.6) is 0 Å². The van der Waals surface area contributed by atoms with E-state index in [1.807, 2.05) is 47.8 Å². The Bertz CT molecular complexity index is 806. The molecule has 1 aliphatic rings. The standard InChI is InChI=1S/C20H27N5O/c1-14(13-25-17(4)11-16(3)23-25)12-21-20(26)18-5-7-19(8-6-18)24-10-9-15(2)22-24/h5-8,11,14H,9-10,12-13H2,1-4H3,(H,21,26)/t14-/m0/s1. The van der Waals surface area contributed by atoms with E-state index in [0.717, 1.165) is 42.3 Å². The summed E-state index contributed by atoms with van der Waals surface area (Å²) in [6.07, 6.45) is 0.995. The molecule has 0 spiro atoms. The SMILES string of the molecule is CC1=NN(c2ccc(C(=O)NC[C@H](C)Cn3nc(C)cc3C)cc2)CC1. The topological polar surface area (TPSA) is 62.5 Å². The first-order chi connectivity index (χ1) is 12.4. The highest BCUT2D eigenvalue weighted by molar-refractivity contribution is 5.94. The van der Waals surface area contributed by atoms with Crippen molar-refractivity contribution in [3.63, 3.8) is 0 Å². The lowest BCUT2D eigenvalue weighted by Gasteiger charge is -2.15. The molecule has 2 heterocycles. The highest BCUT2D eigenvalue weighted by atomic mass is 16.1. The summed E-state index contributed by atoms with van der Waals surface area (Å²) in [5, 5.41) is 14.0. The van der Waals surface area contributed by atoms with Gasteiger partial charge in [0.25, 0.3) is 5.91 Å². The van der Waals surface area contributed by atoms with Gasteiger partial charge in [-0.15, -0.1) is 0 Å². The number of hydrogen-bond donors (Lipinski definition) is 1. The first kappa shape index (κ1) is 18.2. The molecule has 2 aromatic rings. The van der Waals surface area contributed by atoms with Crippen molar-refractivity contribution in [1.82, 2.24) is 15.1 Å². The number of aryl methyl sites for hydroxylation is 2. The van der Waals surface area contributed by atoms with E-state index in [-0.39, 0.29) is 5.91 Å². The van der Waals surface area contributed by atoms with Gasteiger partial charge < -0.3 is 5.32 Å². The second-order valence-electron chi connectivity index (χ2n) is 7.18. The third kappa shape index (κ3) is 4.31. The number of nitrogens with one attached hydrogen (secondary N) is 1. The number of nitrogens with zero attached hydrogens (tertiary/aromatic N) is 4. The van der Waals surface area contributed by atoms with Crippen molar-refractivity contribution in [2.45, 2.75) is 40.7 Å². The van der Waals surface area contributed by atoms with E-state index >= 15 is 0 Å². The molecular formula is C20H27N5O. The summed E-state index contributed by atoms with van der Waals surface area (Å²) < 4.78 is 2.00. The Hall–Kier alpha value is -2.63. The molecule has 0 saturated carbocycles. The quantitative estimate of drug-likeness (QED) is 0.868. The Kier molecular flexibility index (Phi) is 5.40. The van der Waals surface area contributed by atoms with Crippen LogP contribution in [-0.4, -0.2) is 34.5 Å². The third-order valence-electron chi connectivity index (χ3n) is 4.60. The molecule has 1 N–H and O–H groups in total. The van der Waals surface area contributed by atoms with Crippen LogP contribution >= 0.6 is 0 Å². The minimum Gasteiger partial charge on any atom is -0.352 e. The number of rotatable bonds is 6. The number of hydrogen-bond acceptors (Lipinski definition) is 4. The second-order valence-corrected chi connectivity index (χ2v) is 7.18. The lowest BCUT2D eigenvalue weighted by molar-refractivity contribution is 0.0946. The van der Waals surface area contributed by atoms with Crippen molar-refractivity contribution in [2.24, 2.45) is 11.0 Å². The molecule has 1 amide bonds. The summed E-state index contributed by atoms with van der Waals surface area (Å²) in [6, 6.07) is 9.70. The summed E-state index contributed by atoms with van der Waals surface area (Å²) in [6.45, 7) is 10.5. The normalized spacial score (nSPS) is 15.1. The molecule has 1 aromatic carbocycles. The van der Waals surface area contributed by atoms with Crippen LogP contribution in [0.15, 0.2) is 35.4 Å². The lowest BCUT2D eigenvalue weighted by atomic mass is 10.1. The van der Waals surface area contributed by atoms with Gasteiger partial charge in [0.15, 0.2) is 0 Å². The van der Waals surface area contributed by atoms with Crippen molar-refractivity contribution in [3.05, 3.63) is 47.3 Å². The van der Waals surface area contributed by atoms with Gasteiger partial charge in [-0.2, -0.15) is 10.2 Å². The number of anilines is 1. The van der Waals surface area contributed by atoms with Crippen LogP contribution in [0.3, 0.4) is 0 Å². The van der Waals surface area contributed by atoms with Gasteiger partial charge in [0.05, 0.1) is 11.4 Å². The van der Waals surface area contributed by atoms with Gasteiger partial charge in [0, 0.05) is 43.0 Å². The Labute approximate surface area is 154 Å². The van der Waals surface area contributed by atoms with Crippen LogP contribution in [0.4, 0.5) is 5.69 Å². The zero-order valence-corrected chi connectivity index (χ0v) is 16.0. The number of aromatic nitrogens is 2. The third-order valence-corrected chi connectivity index (χ3v) is 4.60. The van der Waals surface area contributed by atoms with E-state index < -0.39 is 0 Å². The maximum atomic E-state index is 12.4. The molecule has 6 heteroatoms. The summed E-state index contributed by atoms with van der Waals surface area (Å²) in [5.41, 5.74) is 5.01. The average Bonchev–Trinajstić information content (AvgIpc) is 3.18. The van der Waals surface area contributed by atoms with E-state index in [4.69, 9.17) is 0 Å². The maximum absolute atomic E-state index is 12.4. The molecule has 3 rings (SSSR count). The van der Waals surface area contributed by atoms with Crippen LogP contribution in [0.25, 0.3) is 0 Å². The number of amides is 1. The van der Waals surface area contributed by atoms with Gasteiger partial charge in [-0.05, 0) is 57.0 Å². The van der Waals surface area contributed by atoms with E-state index in [9.17, 15) is 4.79 Å². The van der Waals surface area contributed by atoms with E-state index in [1.54, 1.807) is 0 Å². The molecule has 26 heavy (non-hydrogen) atoms. The molecule has 0 bridgehead atoms. The first-order valence-electron chi connectivity index (χ1n) is 9.13.